The molecule has 0 unspecified atom stereocenters. The highest BCUT2D eigenvalue weighted by molar-refractivity contribution is 7.17. The highest BCUT2D eigenvalue weighted by Crippen LogP contribution is 2.33. The molecule has 2 heterocycles. The number of aromatic nitrogens is 3. The van der Waals surface area contributed by atoms with E-state index in [2.05, 4.69) is 10.1 Å². The number of rotatable bonds is 4. The number of hydrogen-bond donors (Lipinski definition) is 0. The average molecular weight is 307 g/mol. The van der Waals surface area contributed by atoms with Crippen LogP contribution in [0.3, 0.4) is 0 Å². The fraction of sp³-hybridized carbons (Fsp3) is 0.429. The van der Waals surface area contributed by atoms with Crippen molar-refractivity contribution in [3.8, 4) is 10.6 Å². The summed E-state index contributed by atoms with van der Waals surface area (Å²) in [6.45, 7) is 7.18. The molecule has 2 aromatic heterocycles. The van der Waals surface area contributed by atoms with E-state index in [1.165, 1.54) is 18.3 Å². The number of hydrogen-bond acceptors (Lipinski definition) is 6. The lowest BCUT2D eigenvalue weighted by Gasteiger charge is -1.99. The van der Waals surface area contributed by atoms with E-state index in [1.54, 1.807) is 11.6 Å². The van der Waals surface area contributed by atoms with Crippen LogP contribution in [0.15, 0.2) is 0 Å². The highest BCUT2D eigenvalue weighted by atomic mass is 32.1. The van der Waals surface area contributed by atoms with Gasteiger partial charge in [0.25, 0.3) is 0 Å². The molecule has 0 atom stereocenters. The lowest BCUT2D eigenvalue weighted by Crippen LogP contribution is -2.09. The van der Waals surface area contributed by atoms with Gasteiger partial charge in [-0.25, -0.2) is 9.78 Å². The van der Waals surface area contributed by atoms with Crippen LogP contribution >= 0.6 is 11.3 Å². The topological polar surface area (TPSA) is 74.1 Å². The summed E-state index contributed by atoms with van der Waals surface area (Å²) >= 11 is 1.20. The molecule has 0 aromatic carbocycles. The Morgan fingerprint density at radius 2 is 2.00 bits per heavy atom. The first kappa shape index (κ1) is 15.4. The van der Waals surface area contributed by atoms with Gasteiger partial charge in [-0.1, -0.05) is 0 Å². The van der Waals surface area contributed by atoms with E-state index in [1.807, 2.05) is 20.9 Å². The fourth-order valence-corrected chi connectivity index (χ4v) is 3.18. The second-order valence-corrected chi connectivity index (χ2v) is 5.64. The molecule has 2 rings (SSSR count). The van der Waals surface area contributed by atoms with Crippen molar-refractivity contribution in [1.82, 2.24) is 14.8 Å². The normalized spacial score (nSPS) is 10.7. The maximum Gasteiger partial charge on any atom is 0.358 e. The molecule has 0 fully saturated rings. The summed E-state index contributed by atoms with van der Waals surface area (Å²) in [6, 6.07) is 0. The van der Waals surface area contributed by atoms with Crippen LogP contribution in [0, 0.1) is 13.8 Å². The number of ketones is 1. The van der Waals surface area contributed by atoms with Crippen molar-refractivity contribution in [2.75, 3.05) is 6.61 Å². The summed E-state index contributed by atoms with van der Waals surface area (Å²) in [5.41, 5.74) is 2.70. The van der Waals surface area contributed by atoms with E-state index in [4.69, 9.17) is 4.74 Å². The lowest BCUT2D eigenvalue weighted by atomic mass is 10.2. The molecule has 6 nitrogen and oxygen atoms in total. The Morgan fingerprint density at radius 1 is 1.33 bits per heavy atom. The first-order chi connectivity index (χ1) is 9.86. The van der Waals surface area contributed by atoms with Crippen LogP contribution in [-0.4, -0.2) is 33.1 Å². The van der Waals surface area contributed by atoms with E-state index < -0.39 is 5.97 Å². The summed E-state index contributed by atoms with van der Waals surface area (Å²) in [7, 11) is 1.84. The number of carbonyl (C=O) groups is 2. The van der Waals surface area contributed by atoms with Gasteiger partial charge >= 0.3 is 5.97 Å². The zero-order valence-electron chi connectivity index (χ0n) is 12.7. The molecule has 0 saturated heterocycles. The number of nitrogens with zero attached hydrogens (tertiary/aromatic N) is 3. The second-order valence-electron chi connectivity index (χ2n) is 4.64. The Hall–Kier alpha value is -2.02. The fourth-order valence-electron chi connectivity index (χ4n) is 2.09. The molecule has 0 saturated carbocycles. The summed E-state index contributed by atoms with van der Waals surface area (Å²) in [6.07, 6.45) is 0. The van der Waals surface area contributed by atoms with Gasteiger partial charge in [-0.3, -0.25) is 9.48 Å². The maximum absolute atomic E-state index is 11.9. The molecule has 0 aliphatic heterocycles. The molecule has 7 heteroatoms. The second kappa shape index (κ2) is 5.77. The average Bonchev–Trinajstić information content (AvgIpc) is 2.93. The van der Waals surface area contributed by atoms with Gasteiger partial charge in [-0.2, -0.15) is 5.10 Å². The van der Waals surface area contributed by atoms with Gasteiger partial charge in [-0.05, 0) is 20.8 Å². The Morgan fingerprint density at radius 3 is 2.48 bits per heavy atom. The molecule has 0 N–H and O–H groups in total. The van der Waals surface area contributed by atoms with Crippen molar-refractivity contribution in [3.05, 3.63) is 22.0 Å². The van der Waals surface area contributed by atoms with E-state index >= 15 is 0 Å². The number of aryl methyl sites for hydroxylation is 2. The SMILES string of the molecule is CCOC(=O)c1nc(-c2c(C)nn(C)c2C)sc1C(C)=O. The first-order valence-electron chi connectivity index (χ1n) is 6.56. The molecule has 0 bridgehead atoms. The predicted octanol–water partition coefficient (Wildman–Crippen LogP) is 2.54. The molecule has 0 amide bonds. The maximum atomic E-state index is 11.9. The van der Waals surface area contributed by atoms with E-state index in [-0.39, 0.29) is 18.1 Å². The minimum Gasteiger partial charge on any atom is -0.461 e. The third-order valence-corrected chi connectivity index (χ3v) is 4.31. The highest BCUT2D eigenvalue weighted by Gasteiger charge is 2.25. The number of thiazole rings is 1. The standard InChI is InChI=1S/C14H17N3O3S/c1-6-20-14(19)11-12(9(4)18)21-13(15-11)10-7(2)16-17(5)8(10)3/h6H2,1-5H3. The monoisotopic (exact) mass is 307 g/mol. The van der Waals surface area contributed by atoms with Gasteiger partial charge in [0.15, 0.2) is 11.5 Å². The number of ether oxygens (including phenoxy) is 1. The van der Waals surface area contributed by atoms with Gasteiger partial charge in [0, 0.05) is 19.7 Å². The van der Waals surface area contributed by atoms with Crippen LogP contribution < -0.4 is 0 Å². The van der Waals surface area contributed by atoms with Crippen molar-refractivity contribution >= 4 is 23.1 Å². The van der Waals surface area contributed by atoms with Gasteiger partial charge < -0.3 is 4.74 Å². The zero-order valence-corrected chi connectivity index (χ0v) is 13.5. The van der Waals surface area contributed by atoms with Crippen LogP contribution in [0.2, 0.25) is 0 Å². The summed E-state index contributed by atoms with van der Waals surface area (Å²) in [5, 5.41) is 4.95. The van der Waals surface area contributed by atoms with Gasteiger partial charge in [0.2, 0.25) is 0 Å². The summed E-state index contributed by atoms with van der Waals surface area (Å²) in [5.74, 6) is -0.759. The molecule has 0 aliphatic carbocycles. The zero-order chi connectivity index (χ0) is 15.7. The molecule has 0 spiro atoms. The molecular weight excluding hydrogens is 290 g/mol. The van der Waals surface area contributed by atoms with E-state index in [0.717, 1.165) is 17.0 Å². The third kappa shape index (κ3) is 2.73. The van der Waals surface area contributed by atoms with Crippen LogP contribution in [-0.2, 0) is 11.8 Å². The lowest BCUT2D eigenvalue weighted by molar-refractivity contribution is 0.0517. The Bertz CT molecular complexity index is 715. The minimum atomic E-state index is -0.565. The Labute approximate surface area is 126 Å². The van der Waals surface area contributed by atoms with Crippen LogP contribution in [0.1, 0.15) is 45.4 Å². The first-order valence-corrected chi connectivity index (χ1v) is 7.37. The van der Waals surface area contributed by atoms with E-state index in [9.17, 15) is 9.59 Å². The van der Waals surface area contributed by atoms with Gasteiger partial charge in [-0.15, -0.1) is 11.3 Å². The van der Waals surface area contributed by atoms with Gasteiger partial charge in [0.05, 0.1) is 17.9 Å². The Balaban J connectivity index is 2.59. The molecule has 0 aliphatic rings. The Kier molecular flexibility index (Phi) is 4.22. The van der Waals surface area contributed by atoms with Crippen molar-refractivity contribution in [2.24, 2.45) is 7.05 Å². The third-order valence-electron chi connectivity index (χ3n) is 3.14. The molecular formula is C14H17N3O3S. The number of carbonyl (C=O) groups excluding carboxylic acids is 2. The molecule has 2 aromatic rings. The van der Waals surface area contributed by atoms with Crippen LogP contribution in [0.4, 0.5) is 0 Å². The smallest absolute Gasteiger partial charge is 0.358 e. The van der Waals surface area contributed by atoms with Crippen LogP contribution in [0.25, 0.3) is 10.6 Å². The van der Waals surface area contributed by atoms with Crippen molar-refractivity contribution in [2.45, 2.75) is 27.7 Å². The van der Waals surface area contributed by atoms with Gasteiger partial charge in [0.1, 0.15) is 9.88 Å². The van der Waals surface area contributed by atoms with Crippen molar-refractivity contribution in [3.63, 3.8) is 0 Å². The summed E-state index contributed by atoms with van der Waals surface area (Å²) < 4.78 is 6.72. The number of esters is 1. The molecule has 0 radical (unpaired) electrons. The minimum absolute atomic E-state index is 0.0898. The van der Waals surface area contributed by atoms with Crippen LogP contribution in [0.5, 0.6) is 0 Å². The largest absolute Gasteiger partial charge is 0.461 e. The number of Topliss-reactive ketones (excluding diaryl/α,β-unsaturated/α-hetero) is 1. The molecule has 112 valence electrons. The van der Waals surface area contributed by atoms with Crippen molar-refractivity contribution in [1.29, 1.82) is 0 Å². The van der Waals surface area contributed by atoms with E-state index in [0.29, 0.717) is 9.88 Å². The molecule has 21 heavy (non-hydrogen) atoms. The quantitative estimate of drug-likeness (QED) is 0.641. The predicted molar refractivity (Wildman–Crippen MR) is 79.8 cm³/mol. The van der Waals surface area contributed by atoms with Crippen molar-refractivity contribution < 1.29 is 14.3 Å². The summed E-state index contributed by atoms with van der Waals surface area (Å²) in [4.78, 5) is 28.3.